The zero-order valence-electron chi connectivity index (χ0n) is 11.2. The molecule has 0 aliphatic carbocycles. The van der Waals surface area contributed by atoms with Gasteiger partial charge in [-0.25, -0.2) is 4.79 Å². The number of hydrogen-bond acceptors (Lipinski definition) is 4. The fourth-order valence-corrected chi connectivity index (χ4v) is 1.63. The molecule has 0 aromatic rings. The summed E-state index contributed by atoms with van der Waals surface area (Å²) in [4.78, 5) is 12.8. The minimum Gasteiger partial charge on any atom is -0.444 e. The number of ether oxygens (including phenoxy) is 2. The average Bonchev–Trinajstić information content (AvgIpc) is 2.25. The Morgan fingerprint density at radius 3 is 2.37 bits per heavy atom. The van der Waals surface area contributed by atoms with Gasteiger partial charge in [-0.1, -0.05) is 0 Å². The molecule has 2 N–H and O–H groups in total. The van der Waals surface area contributed by atoms with Crippen LogP contribution in [0, 0.1) is 0 Å². The van der Waals surface area contributed by atoms with Gasteiger partial charge in [-0.3, -0.25) is 0 Å². The summed E-state index contributed by atoms with van der Waals surface area (Å²) in [5.74, 6) is 0. The SMILES string of the molecule is CC(C)(C)OC(=O)N1CC(CN)OC(C(F)(F)F)C1. The Bertz CT molecular complexity index is 328. The fraction of sp³-hybridized carbons (Fsp3) is 0.909. The normalized spacial score (nSPS) is 25.3. The standard InChI is InChI=1S/C11H19F3N2O3/c1-10(2,3)19-9(17)16-5-7(4-15)18-8(6-16)11(12,13)14/h7-8H,4-6,15H2,1-3H3. The van der Waals surface area contributed by atoms with E-state index in [1.165, 1.54) is 0 Å². The van der Waals surface area contributed by atoms with E-state index in [0.717, 1.165) is 4.90 Å². The molecular formula is C11H19F3N2O3. The van der Waals surface area contributed by atoms with E-state index >= 15 is 0 Å². The van der Waals surface area contributed by atoms with Gasteiger partial charge in [-0.2, -0.15) is 13.2 Å². The van der Waals surface area contributed by atoms with Crippen LogP contribution in [0.2, 0.25) is 0 Å². The Morgan fingerprint density at radius 2 is 1.95 bits per heavy atom. The van der Waals surface area contributed by atoms with Gasteiger partial charge in [0.05, 0.1) is 19.2 Å². The third-order valence-electron chi connectivity index (χ3n) is 2.45. The minimum absolute atomic E-state index is 0.00199. The lowest BCUT2D eigenvalue weighted by atomic mass is 10.2. The lowest BCUT2D eigenvalue weighted by Gasteiger charge is -2.38. The highest BCUT2D eigenvalue weighted by molar-refractivity contribution is 5.68. The molecule has 0 aromatic carbocycles. The largest absolute Gasteiger partial charge is 0.444 e. The number of alkyl halides is 3. The highest BCUT2D eigenvalue weighted by Crippen LogP contribution is 2.28. The number of nitrogens with two attached hydrogens (primary N) is 1. The summed E-state index contributed by atoms with van der Waals surface area (Å²) in [7, 11) is 0. The zero-order chi connectivity index (χ0) is 14.8. The fourth-order valence-electron chi connectivity index (χ4n) is 1.63. The molecule has 1 rings (SSSR count). The van der Waals surface area contributed by atoms with Crippen molar-refractivity contribution in [3.05, 3.63) is 0 Å². The third kappa shape index (κ3) is 4.87. The molecule has 1 heterocycles. The van der Waals surface area contributed by atoms with Crippen molar-refractivity contribution in [1.82, 2.24) is 4.90 Å². The van der Waals surface area contributed by atoms with E-state index in [-0.39, 0.29) is 13.1 Å². The van der Waals surface area contributed by atoms with Crippen LogP contribution in [0.4, 0.5) is 18.0 Å². The van der Waals surface area contributed by atoms with E-state index in [9.17, 15) is 18.0 Å². The first-order chi connectivity index (χ1) is 8.53. The second-order valence-electron chi connectivity index (χ2n) is 5.41. The third-order valence-corrected chi connectivity index (χ3v) is 2.45. The monoisotopic (exact) mass is 284 g/mol. The molecule has 5 nitrogen and oxygen atoms in total. The van der Waals surface area contributed by atoms with Crippen LogP contribution < -0.4 is 5.73 Å². The van der Waals surface area contributed by atoms with E-state index in [2.05, 4.69) is 0 Å². The number of hydrogen-bond donors (Lipinski definition) is 1. The lowest BCUT2D eigenvalue weighted by molar-refractivity contribution is -0.249. The van der Waals surface area contributed by atoms with Gasteiger partial charge in [0.15, 0.2) is 6.10 Å². The van der Waals surface area contributed by atoms with Crippen molar-refractivity contribution in [3.8, 4) is 0 Å². The molecule has 0 spiro atoms. The summed E-state index contributed by atoms with van der Waals surface area (Å²) in [6.07, 6.45) is -8.19. The predicted molar refractivity (Wildman–Crippen MR) is 61.6 cm³/mol. The van der Waals surface area contributed by atoms with Crippen molar-refractivity contribution in [2.45, 2.75) is 44.8 Å². The second-order valence-corrected chi connectivity index (χ2v) is 5.41. The molecule has 8 heteroatoms. The maximum absolute atomic E-state index is 12.7. The van der Waals surface area contributed by atoms with Crippen molar-refractivity contribution in [2.75, 3.05) is 19.6 Å². The molecule has 1 saturated heterocycles. The van der Waals surface area contributed by atoms with Crippen LogP contribution in [-0.4, -0.2) is 54.6 Å². The van der Waals surface area contributed by atoms with Gasteiger partial charge in [0.1, 0.15) is 5.60 Å². The number of nitrogens with zero attached hydrogens (tertiary/aromatic N) is 1. The summed E-state index contributed by atoms with van der Waals surface area (Å²) in [6, 6.07) is 0. The molecule has 2 unspecified atom stereocenters. The van der Waals surface area contributed by atoms with E-state index in [0.29, 0.717) is 0 Å². The van der Waals surface area contributed by atoms with Gasteiger partial charge < -0.3 is 20.1 Å². The summed E-state index contributed by atoms with van der Waals surface area (Å²) < 4.78 is 47.9. The van der Waals surface area contributed by atoms with Crippen LogP contribution in [0.1, 0.15) is 20.8 Å². The molecule has 1 fully saturated rings. The second kappa shape index (κ2) is 5.54. The maximum atomic E-state index is 12.7. The first-order valence-corrected chi connectivity index (χ1v) is 5.93. The molecule has 112 valence electrons. The van der Waals surface area contributed by atoms with Gasteiger partial charge in [0, 0.05) is 6.54 Å². The van der Waals surface area contributed by atoms with Crippen molar-refractivity contribution < 1.29 is 27.4 Å². The molecule has 1 amide bonds. The van der Waals surface area contributed by atoms with Gasteiger partial charge in [-0.15, -0.1) is 0 Å². The number of morpholine rings is 1. The topological polar surface area (TPSA) is 64.8 Å². The lowest BCUT2D eigenvalue weighted by Crippen LogP contribution is -2.57. The smallest absolute Gasteiger partial charge is 0.416 e. The summed E-state index contributed by atoms with van der Waals surface area (Å²) in [5, 5.41) is 0. The van der Waals surface area contributed by atoms with Gasteiger partial charge >= 0.3 is 12.3 Å². The van der Waals surface area contributed by atoms with E-state index in [4.69, 9.17) is 15.2 Å². The molecule has 19 heavy (non-hydrogen) atoms. The Hall–Kier alpha value is -1.02. The zero-order valence-corrected chi connectivity index (χ0v) is 11.2. The summed E-state index contributed by atoms with van der Waals surface area (Å²) >= 11 is 0. The molecule has 1 aliphatic rings. The van der Waals surface area contributed by atoms with Gasteiger partial charge in [0.25, 0.3) is 0 Å². The summed E-state index contributed by atoms with van der Waals surface area (Å²) in [6.45, 7) is 4.27. The Balaban J connectivity index is 2.75. The van der Waals surface area contributed by atoms with Crippen LogP contribution >= 0.6 is 0 Å². The van der Waals surface area contributed by atoms with Crippen molar-refractivity contribution in [2.24, 2.45) is 5.73 Å². The van der Waals surface area contributed by atoms with Crippen molar-refractivity contribution in [1.29, 1.82) is 0 Å². The molecule has 0 radical (unpaired) electrons. The quantitative estimate of drug-likeness (QED) is 0.792. The molecule has 0 saturated carbocycles. The van der Waals surface area contributed by atoms with Crippen molar-refractivity contribution in [3.63, 3.8) is 0 Å². The molecule has 1 aliphatic heterocycles. The average molecular weight is 284 g/mol. The number of carbonyl (C=O) groups is 1. The van der Waals surface area contributed by atoms with E-state index < -0.39 is 36.6 Å². The number of rotatable bonds is 1. The Kier molecular flexibility index (Phi) is 4.67. The molecule has 0 bridgehead atoms. The molecular weight excluding hydrogens is 265 g/mol. The number of halogens is 3. The van der Waals surface area contributed by atoms with Crippen LogP contribution in [0.25, 0.3) is 0 Å². The van der Waals surface area contributed by atoms with Crippen LogP contribution in [0.3, 0.4) is 0 Å². The highest BCUT2D eigenvalue weighted by atomic mass is 19.4. The first-order valence-electron chi connectivity index (χ1n) is 5.93. The first kappa shape index (κ1) is 16.0. The van der Waals surface area contributed by atoms with Crippen LogP contribution in [0.15, 0.2) is 0 Å². The number of carbonyl (C=O) groups excluding carboxylic acids is 1. The van der Waals surface area contributed by atoms with E-state index in [1.807, 2.05) is 0 Å². The molecule has 2 atom stereocenters. The summed E-state index contributed by atoms with van der Waals surface area (Å²) in [5.41, 5.74) is 4.56. The Morgan fingerprint density at radius 1 is 1.37 bits per heavy atom. The maximum Gasteiger partial charge on any atom is 0.416 e. The Labute approximate surface area is 109 Å². The van der Waals surface area contributed by atoms with Gasteiger partial charge in [-0.05, 0) is 20.8 Å². The van der Waals surface area contributed by atoms with E-state index in [1.54, 1.807) is 20.8 Å². The highest BCUT2D eigenvalue weighted by Gasteiger charge is 2.47. The predicted octanol–water partition coefficient (Wildman–Crippen LogP) is 1.51. The number of amides is 1. The minimum atomic E-state index is -4.53. The van der Waals surface area contributed by atoms with Gasteiger partial charge in [0.2, 0.25) is 0 Å². The van der Waals surface area contributed by atoms with Crippen molar-refractivity contribution >= 4 is 6.09 Å². The van der Waals surface area contributed by atoms with Crippen LogP contribution in [0.5, 0.6) is 0 Å². The molecule has 0 aromatic heterocycles. The van der Waals surface area contributed by atoms with Crippen LogP contribution in [-0.2, 0) is 9.47 Å².